The molecule has 0 radical (unpaired) electrons. The molecule has 1 atom stereocenters. The molecule has 0 aromatic heterocycles. The SMILES string of the molecule is COc1ccc(C(CCOc2cccc(F)c2)C(=O)O)cc1. The third-order valence-electron chi connectivity index (χ3n) is 3.29. The fraction of sp³-hybridized carbons (Fsp3) is 0.235. The van der Waals surface area contributed by atoms with Crippen LogP contribution in [0.15, 0.2) is 48.5 Å². The van der Waals surface area contributed by atoms with Crippen molar-refractivity contribution in [3.8, 4) is 11.5 Å². The molecule has 0 heterocycles. The number of methoxy groups -OCH3 is 1. The Morgan fingerprint density at radius 3 is 2.50 bits per heavy atom. The Balaban J connectivity index is 1.98. The van der Waals surface area contributed by atoms with Crippen LogP contribution < -0.4 is 9.47 Å². The van der Waals surface area contributed by atoms with Crippen LogP contribution in [0, 0.1) is 5.82 Å². The molecular formula is C17H17FO4. The summed E-state index contributed by atoms with van der Waals surface area (Å²) in [4.78, 5) is 11.4. The molecule has 2 aromatic carbocycles. The highest BCUT2D eigenvalue weighted by atomic mass is 19.1. The Kier molecular flexibility index (Phi) is 5.36. The second kappa shape index (κ2) is 7.45. The molecule has 0 spiro atoms. The highest BCUT2D eigenvalue weighted by Crippen LogP contribution is 2.23. The van der Waals surface area contributed by atoms with Crippen molar-refractivity contribution in [3.05, 3.63) is 59.9 Å². The molecule has 0 aliphatic carbocycles. The molecule has 2 aromatic rings. The number of aliphatic carboxylic acids is 1. The summed E-state index contributed by atoms with van der Waals surface area (Å²) in [5, 5.41) is 9.35. The third kappa shape index (κ3) is 4.22. The number of hydrogen-bond acceptors (Lipinski definition) is 3. The fourth-order valence-electron chi connectivity index (χ4n) is 2.12. The maximum Gasteiger partial charge on any atom is 0.311 e. The van der Waals surface area contributed by atoms with E-state index in [0.717, 1.165) is 0 Å². The molecule has 0 aliphatic rings. The minimum absolute atomic E-state index is 0.187. The van der Waals surface area contributed by atoms with Crippen LogP contribution in [0.3, 0.4) is 0 Å². The first-order valence-electron chi connectivity index (χ1n) is 6.85. The molecule has 0 aliphatic heterocycles. The van der Waals surface area contributed by atoms with Gasteiger partial charge in [-0.15, -0.1) is 0 Å². The van der Waals surface area contributed by atoms with Gasteiger partial charge in [-0.1, -0.05) is 18.2 Å². The number of carboxylic acid groups (broad SMARTS) is 1. The van der Waals surface area contributed by atoms with Gasteiger partial charge in [-0.2, -0.15) is 0 Å². The lowest BCUT2D eigenvalue weighted by Gasteiger charge is -2.14. The van der Waals surface area contributed by atoms with Gasteiger partial charge >= 0.3 is 5.97 Å². The van der Waals surface area contributed by atoms with Crippen molar-refractivity contribution in [2.75, 3.05) is 13.7 Å². The Morgan fingerprint density at radius 1 is 1.18 bits per heavy atom. The van der Waals surface area contributed by atoms with Crippen molar-refractivity contribution in [2.45, 2.75) is 12.3 Å². The molecule has 5 heteroatoms. The second-order valence-corrected chi connectivity index (χ2v) is 4.76. The van der Waals surface area contributed by atoms with Gasteiger partial charge in [0, 0.05) is 6.07 Å². The summed E-state index contributed by atoms with van der Waals surface area (Å²) in [6, 6.07) is 12.7. The zero-order chi connectivity index (χ0) is 15.9. The maximum absolute atomic E-state index is 13.0. The Morgan fingerprint density at radius 2 is 1.91 bits per heavy atom. The van der Waals surface area contributed by atoms with Crippen LogP contribution in [-0.4, -0.2) is 24.8 Å². The average molecular weight is 304 g/mol. The molecular weight excluding hydrogens is 287 g/mol. The average Bonchev–Trinajstić information content (AvgIpc) is 2.51. The highest BCUT2D eigenvalue weighted by Gasteiger charge is 2.19. The van der Waals surface area contributed by atoms with Crippen molar-refractivity contribution >= 4 is 5.97 Å². The van der Waals surface area contributed by atoms with Crippen molar-refractivity contribution < 1.29 is 23.8 Å². The van der Waals surface area contributed by atoms with Gasteiger partial charge in [0.25, 0.3) is 0 Å². The molecule has 0 amide bonds. The Bertz CT molecular complexity index is 625. The predicted molar refractivity (Wildman–Crippen MR) is 79.9 cm³/mol. The number of rotatable bonds is 7. The maximum atomic E-state index is 13.0. The Hall–Kier alpha value is -2.56. The summed E-state index contributed by atoms with van der Waals surface area (Å²) in [6.45, 7) is 0.187. The molecule has 4 nitrogen and oxygen atoms in total. The number of hydrogen-bond donors (Lipinski definition) is 1. The van der Waals surface area contributed by atoms with Crippen LogP contribution in [0.4, 0.5) is 4.39 Å². The van der Waals surface area contributed by atoms with E-state index in [1.807, 2.05) is 0 Å². The van der Waals surface area contributed by atoms with Crippen molar-refractivity contribution in [3.63, 3.8) is 0 Å². The first-order chi connectivity index (χ1) is 10.6. The summed E-state index contributed by atoms with van der Waals surface area (Å²) >= 11 is 0. The normalized spacial score (nSPS) is 11.7. The van der Waals surface area contributed by atoms with Crippen LogP contribution >= 0.6 is 0 Å². The predicted octanol–water partition coefficient (Wildman–Crippen LogP) is 3.47. The largest absolute Gasteiger partial charge is 0.497 e. The molecule has 0 saturated carbocycles. The summed E-state index contributed by atoms with van der Waals surface area (Å²) in [5.41, 5.74) is 0.677. The molecule has 22 heavy (non-hydrogen) atoms. The second-order valence-electron chi connectivity index (χ2n) is 4.76. The Labute approximate surface area is 128 Å². The molecule has 0 fully saturated rings. The standard InChI is InChI=1S/C17H17FO4/c1-21-14-7-5-12(6-8-14)16(17(19)20)9-10-22-15-4-2-3-13(18)11-15/h2-8,11,16H,9-10H2,1H3,(H,19,20). The van der Waals surface area contributed by atoms with E-state index in [-0.39, 0.29) is 18.8 Å². The number of carbonyl (C=O) groups is 1. The zero-order valence-corrected chi connectivity index (χ0v) is 12.2. The number of ether oxygens (including phenoxy) is 2. The quantitative estimate of drug-likeness (QED) is 0.851. The minimum atomic E-state index is -0.923. The summed E-state index contributed by atoms with van der Waals surface area (Å²) in [6.07, 6.45) is 0.290. The van der Waals surface area contributed by atoms with Crippen LogP contribution in [-0.2, 0) is 4.79 Å². The van der Waals surface area contributed by atoms with Crippen LogP contribution in [0.2, 0.25) is 0 Å². The lowest BCUT2D eigenvalue weighted by molar-refractivity contribution is -0.139. The molecule has 116 valence electrons. The van der Waals surface area contributed by atoms with Gasteiger partial charge in [-0.25, -0.2) is 4.39 Å². The van der Waals surface area contributed by atoms with E-state index in [9.17, 15) is 14.3 Å². The molecule has 0 bridgehead atoms. The van der Waals surface area contributed by atoms with Gasteiger partial charge in [0.2, 0.25) is 0 Å². The van der Waals surface area contributed by atoms with Gasteiger partial charge < -0.3 is 14.6 Å². The molecule has 1 unspecified atom stereocenters. The lowest BCUT2D eigenvalue weighted by Crippen LogP contribution is -2.15. The van der Waals surface area contributed by atoms with E-state index in [0.29, 0.717) is 17.1 Å². The van der Waals surface area contributed by atoms with Crippen LogP contribution in [0.25, 0.3) is 0 Å². The molecule has 0 saturated heterocycles. The van der Waals surface area contributed by atoms with E-state index >= 15 is 0 Å². The van der Waals surface area contributed by atoms with Crippen molar-refractivity contribution in [2.24, 2.45) is 0 Å². The van der Waals surface area contributed by atoms with E-state index < -0.39 is 11.9 Å². The van der Waals surface area contributed by atoms with Gasteiger partial charge in [0.1, 0.15) is 17.3 Å². The van der Waals surface area contributed by atoms with E-state index in [1.165, 1.54) is 12.1 Å². The van der Waals surface area contributed by atoms with Gasteiger partial charge in [-0.3, -0.25) is 4.79 Å². The number of halogens is 1. The highest BCUT2D eigenvalue weighted by molar-refractivity contribution is 5.76. The number of benzene rings is 2. The monoisotopic (exact) mass is 304 g/mol. The summed E-state index contributed by atoms with van der Waals surface area (Å²) in [7, 11) is 1.55. The zero-order valence-electron chi connectivity index (χ0n) is 12.2. The van der Waals surface area contributed by atoms with Gasteiger partial charge in [0.15, 0.2) is 0 Å². The molecule has 2 rings (SSSR count). The molecule has 1 N–H and O–H groups in total. The first kappa shape index (κ1) is 15.8. The van der Waals surface area contributed by atoms with E-state index in [4.69, 9.17) is 9.47 Å². The summed E-state index contributed by atoms with van der Waals surface area (Å²) < 4.78 is 23.5. The third-order valence-corrected chi connectivity index (χ3v) is 3.29. The van der Waals surface area contributed by atoms with Gasteiger partial charge in [0.05, 0.1) is 19.6 Å². The van der Waals surface area contributed by atoms with Crippen molar-refractivity contribution in [1.82, 2.24) is 0 Å². The van der Waals surface area contributed by atoms with E-state index in [1.54, 1.807) is 43.5 Å². The van der Waals surface area contributed by atoms with Crippen LogP contribution in [0.5, 0.6) is 11.5 Å². The topological polar surface area (TPSA) is 55.8 Å². The van der Waals surface area contributed by atoms with E-state index in [2.05, 4.69) is 0 Å². The lowest BCUT2D eigenvalue weighted by atomic mass is 9.96. The first-order valence-corrected chi connectivity index (χ1v) is 6.85. The fourth-order valence-corrected chi connectivity index (χ4v) is 2.12. The minimum Gasteiger partial charge on any atom is -0.497 e. The summed E-state index contributed by atoms with van der Waals surface area (Å²) in [5.74, 6) is -0.933. The van der Waals surface area contributed by atoms with Gasteiger partial charge in [-0.05, 0) is 36.2 Å². The number of carboxylic acids is 1. The van der Waals surface area contributed by atoms with Crippen molar-refractivity contribution in [1.29, 1.82) is 0 Å². The van der Waals surface area contributed by atoms with Crippen LogP contribution in [0.1, 0.15) is 17.9 Å². The smallest absolute Gasteiger partial charge is 0.311 e.